The summed E-state index contributed by atoms with van der Waals surface area (Å²) >= 11 is 0. The molecule has 0 aliphatic rings. The lowest BCUT2D eigenvalue weighted by Crippen LogP contribution is -2.46. The van der Waals surface area contributed by atoms with E-state index in [0.29, 0.717) is 19.8 Å². The molecule has 5 nitrogen and oxygen atoms in total. The number of aromatic nitrogens is 2. The standard InChI is InChI=1S/C23H47N2O3Si.BF4/c1-5-9-10-11-12-13-14-15-16-17-18-24-19-20-25(23-24)21-22-29(26-6-2,27-7-3)28-8-4;2-1(3,4)5/h19-20,23H,5-18,21-22H2,1-4H3;/q+1;-1. The molecular formula is C23H47BF4N2O3Si. The topological polar surface area (TPSA) is 36.5 Å². The van der Waals surface area contributed by atoms with E-state index in [1.54, 1.807) is 0 Å². The summed E-state index contributed by atoms with van der Waals surface area (Å²) in [6.07, 6.45) is 20.3. The van der Waals surface area contributed by atoms with Crippen LogP contribution in [-0.4, -0.2) is 40.4 Å². The molecule has 0 saturated carbocycles. The van der Waals surface area contributed by atoms with E-state index in [9.17, 15) is 17.3 Å². The summed E-state index contributed by atoms with van der Waals surface area (Å²) in [6.45, 7) is 12.2. The number of unbranched alkanes of at least 4 members (excludes halogenated alkanes) is 9. The molecular weight excluding hydrogens is 467 g/mol. The Hall–Kier alpha value is -0.908. The molecule has 0 unspecified atom stereocenters. The van der Waals surface area contributed by atoms with E-state index < -0.39 is 16.1 Å². The Balaban J connectivity index is 0.00000196. The van der Waals surface area contributed by atoms with Gasteiger partial charge in [-0.2, -0.15) is 0 Å². The van der Waals surface area contributed by atoms with Crippen molar-refractivity contribution in [3.05, 3.63) is 18.7 Å². The smallest absolute Gasteiger partial charge is 0.418 e. The van der Waals surface area contributed by atoms with Crippen LogP contribution in [0.1, 0.15) is 91.9 Å². The van der Waals surface area contributed by atoms with E-state index in [4.69, 9.17) is 13.3 Å². The molecule has 0 saturated heterocycles. The van der Waals surface area contributed by atoms with Gasteiger partial charge >= 0.3 is 16.1 Å². The van der Waals surface area contributed by atoms with Crippen molar-refractivity contribution in [1.82, 2.24) is 4.57 Å². The van der Waals surface area contributed by atoms with Crippen molar-refractivity contribution in [1.29, 1.82) is 0 Å². The minimum Gasteiger partial charge on any atom is -0.418 e. The summed E-state index contributed by atoms with van der Waals surface area (Å²) in [5.74, 6) is 0. The maximum absolute atomic E-state index is 9.75. The second-order valence-corrected chi connectivity index (χ2v) is 11.0. The molecule has 1 heterocycles. The van der Waals surface area contributed by atoms with Crippen molar-refractivity contribution in [2.45, 2.75) is 111 Å². The first kappa shape index (κ1) is 33.1. The molecule has 0 aliphatic carbocycles. The van der Waals surface area contributed by atoms with Crippen LogP contribution in [0.5, 0.6) is 0 Å². The van der Waals surface area contributed by atoms with Gasteiger partial charge in [0, 0.05) is 19.8 Å². The minimum absolute atomic E-state index is 0.636. The maximum atomic E-state index is 9.75. The van der Waals surface area contributed by atoms with Crippen molar-refractivity contribution in [2.75, 3.05) is 19.8 Å². The second-order valence-electron chi connectivity index (χ2n) is 8.30. The van der Waals surface area contributed by atoms with Crippen molar-refractivity contribution in [3.8, 4) is 0 Å². The third-order valence-corrected chi connectivity index (χ3v) is 8.31. The Labute approximate surface area is 205 Å². The molecule has 1 rings (SSSR count). The Bertz CT molecular complexity index is 572. The van der Waals surface area contributed by atoms with Crippen LogP contribution in [-0.2, 0) is 26.4 Å². The molecule has 11 heteroatoms. The van der Waals surface area contributed by atoms with E-state index in [1.807, 2.05) is 20.8 Å². The monoisotopic (exact) mass is 514 g/mol. The number of aryl methyl sites for hydroxylation is 2. The van der Waals surface area contributed by atoms with Crippen molar-refractivity contribution >= 4 is 16.1 Å². The van der Waals surface area contributed by atoms with Crippen LogP contribution in [0.25, 0.3) is 0 Å². The van der Waals surface area contributed by atoms with Crippen LogP contribution in [0.4, 0.5) is 17.3 Å². The van der Waals surface area contributed by atoms with Gasteiger partial charge in [0.15, 0.2) is 0 Å². The summed E-state index contributed by atoms with van der Waals surface area (Å²) in [5, 5.41) is 0. The van der Waals surface area contributed by atoms with E-state index >= 15 is 0 Å². The van der Waals surface area contributed by atoms with Gasteiger partial charge in [0.1, 0.15) is 12.4 Å². The number of hydrogen-bond acceptors (Lipinski definition) is 3. The molecule has 34 heavy (non-hydrogen) atoms. The zero-order valence-corrected chi connectivity index (χ0v) is 22.8. The average Bonchev–Trinajstić information content (AvgIpc) is 3.21. The lowest BCUT2D eigenvalue weighted by Gasteiger charge is -2.27. The summed E-state index contributed by atoms with van der Waals surface area (Å²) in [7, 11) is -8.55. The highest BCUT2D eigenvalue weighted by Gasteiger charge is 2.40. The van der Waals surface area contributed by atoms with Crippen molar-refractivity contribution in [3.63, 3.8) is 0 Å². The van der Waals surface area contributed by atoms with Crippen molar-refractivity contribution in [2.24, 2.45) is 0 Å². The molecule has 202 valence electrons. The number of rotatable bonds is 20. The Kier molecular flexibility index (Phi) is 19.8. The van der Waals surface area contributed by atoms with Crippen LogP contribution in [0.15, 0.2) is 18.7 Å². The van der Waals surface area contributed by atoms with Gasteiger partial charge in [-0.25, -0.2) is 9.13 Å². The molecule has 0 bridgehead atoms. The van der Waals surface area contributed by atoms with Gasteiger partial charge in [0.05, 0.1) is 19.1 Å². The number of nitrogens with zero attached hydrogens (tertiary/aromatic N) is 2. The second kappa shape index (κ2) is 20.3. The zero-order valence-electron chi connectivity index (χ0n) is 21.8. The number of hydrogen-bond donors (Lipinski definition) is 0. The maximum Gasteiger partial charge on any atom is 0.673 e. The van der Waals surface area contributed by atoms with Crippen LogP contribution in [0.2, 0.25) is 6.04 Å². The molecule has 0 radical (unpaired) electrons. The Morgan fingerprint density at radius 1 is 0.735 bits per heavy atom. The van der Waals surface area contributed by atoms with Gasteiger partial charge in [-0.3, -0.25) is 0 Å². The Morgan fingerprint density at radius 2 is 1.18 bits per heavy atom. The normalized spacial score (nSPS) is 12.0. The van der Waals surface area contributed by atoms with Gasteiger partial charge in [0.2, 0.25) is 6.33 Å². The Morgan fingerprint density at radius 3 is 1.62 bits per heavy atom. The first-order valence-corrected chi connectivity index (χ1v) is 15.0. The molecule has 1 aromatic heterocycles. The third-order valence-electron chi connectivity index (χ3n) is 5.29. The largest absolute Gasteiger partial charge is 0.673 e. The fourth-order valence-electron chi connectivity index (χ4n) is 3.75. The van der Waals surface area contributed by atoms with Gasteiger partial charge in [-0.05, 0) is 33.6 Å². The molecule has 0 atom stereocenters. The van der Waals surface area contributed by atoms with Gasteiger partial charge in [-0.15, -0.1) is 0 Å². The molecule has 0 aliphatic heterocycles. The summed E-state index contributed by atoms with van der Waals surface area (Å²) in [6, 6.07) is 0.815. The lowest BCUT2D eigenvalue weighted by atomic mass is 10.1. The van der Waals surface area contributed by atoms with Crippen molar-refractivity contribution < 1.29 is 35.1 Å². The highest BCUT2D eigenvalue weighted by Crippen LogP contribution is 2.17. The predicted molar refractivity (Wildman–Crippen MR) is 132 cm³/mol. The van der Waals surface area contributed by atoms with Gasteiger partial charge < -0.3 is 30.5 Å². The molecule has 1 aromatic rings. The lowest BCUT2D eigenvalue weighted by molar-refractivity contribution is -0.696. The molecule has 0 fully saturated rings. The van der Waals surface area contributed by atoms with Crippen LogP contribution < -0.4 is 4.57 Å². The predicted octanol–water partition coefficient (Wildman–Crippen LogP) is 7.04. The SMILES string of the molecule is CCCCCCCCCCCC[n+]1ccn(CC[Si](OCC)(OCC)OCC)c1.F[B-](F)(F)F. The minimum atomic E-state index is -6.00. The molecule has 0 aromatic carbocycles. The fourth-order valence-corrected chi connectivity index (χ4v) is 6.29. The van der Waals surface area contributed by atoms with Crippen LogP contribution in [0, 0.1) is 0 Å². The third kappa shape index (κ3) is 19.4. The quantitative estimate of drug-likeness (QED) is 0.0810. The van der Waals surface area contributed by atoms with E-state index in [1.165, 1.54) is 64.2 Å². The highest BCUT2D eigenvalue weighted by atomic mass is 28.4. The van der Waals surface area contributed by atoms with Crippen LogP contribution >= 0.6 is 0 Å². The van der Waals surface area contributed by atoms with E-state index in [0.717, 1.165) is 19.1 Å². The number of halogens is 4. The van der Waals surface area contributed by atoms with Gasteiger partial charge in [-0.1, -0.05) is 58.3 Å². The molecule has 0 amide bonds. The van der Waals surface area contributed by atoms with Gasteiger partial charge in [0.25, 0.3) is 0 Å². The van der Waals surface area contributed by atoms with E-state index in [2.05, 4.69) is 34.8 Å². The molecule has 0 N–H and O–H groups in total. The zero-order chi connectivity index (χ0) is 25.7. The van der Waals surface area contributed by atoms with E-state index in [-0.39, 0.29) is 0 Å². The summed E-state index contributed by atoms with van der Waals surface area (Å²) < 4.78 is 61.4. The average molecular weight is 515 g/mol. The summed E-state index contributed by atoms with van der Waals surface area (Å²) in [4.78, 5) is 0. The first-order chi connectivity index (χ1) is 16.2. The number of imidazole rings is 1. The first-order valence-electron chi connectivity index (χ1n) is 13.0. The summed E-state index contributed by atoms with van der Waals surface area (Å²) in [5.41, 5.74) is 0. The van der Waals surface area contributed by atoms with Crippen LogP contribution in [0.3, 0.4) is 0 Å². The highest BCUT2D eigenvalue weighted by molar-refractivity contribution is 6.60. The fraction of sp³-hybridized carbons (Fsp3) is 0.870. The molecule has 0 spiro atoms.